The average molecular weight is 378 g/mol. The van der Waals surface area contributed by atoms with Gasteiger partial charge in [0.25, 0.3) is 5.91 Å². The average Bonchev–Trinajstić information content (AvgIpc) is 3.31. The van der Waals surface area contributed by atoms with Gasteiger partial charge in [-0.1, -0.05) is 48.5 Å². The highest BCUT2D eigenvalue weighted by molar-refractivity contribution is 6.08. The molecule has 2 unspecified atom stereocenters. The number of aliphatic carboxylic acids is 1. The number of benzene rings is 2. The lowest BCUT2D eigenvalue weighted by Gasteiger charge is -2.20. The van der Waals surface area contributed by atoms with Crippen molar-refractivity contribution in [1.82, 2.24) is 9.47 Å². The molecule has 0 spiro atoms. The van der Waals surface area contributed by atoms with Crippen molar-refractivity contribution in [1.29, 1.82) is 0 Å². The number of rotatable bonds is 5. The summed E-state index contributed by atoms with van der Waals surface area (Å²) in [4.78, 5) is 26.4. The Morgan fingerprint density at radius 1 is 1.11 bits per heavy atom. The van der Waals surface area contributed by atoms with Gasteiger partial charge < -0.3 is 19.3 Å². The molecule has 2 aromatic carbocycles. The van der Waals surface area contributed by atoms with E-state index in [1.54, 1.807) is 7.11 Å². The van der Waals surface area contributed by atoms with E-state index in [1.807, 2.05) is 65.4 Å². The third kappa shape index (κ3) is 3.27. The highest BCUT2D eigenvalue weighted by atomic mass is 16.5. The van der Waals surface area contributed by atoms with Gasteiger partial charge in [-0.2, -0.15) is 0 Å². The number of nitrogens with zero attached hydrogens (tertiary/aromatic N) is 2. The van der Waals surface area contributed by atoms with Crippen LogP contribution in [0.1, 0.15) is 22.3 Å². The molecule has 0 aliphatic carbocycles. The zero-order valence-corrected chi connectivity index (χ0v) is 15.6. The molecule has 28 heavy (non-hydrogen) atoms. The van der Waals surface area contributed by atoms with Gasteiger partial charge in [0.15, 0.2) is 0 Å². The van der Waals surface area contributed by atoms with Crippen LogP contribution in [0.2, 0.25) is 0 Å². The summed E-state index contributed by atoms with van der Waals surface area (Å²) in [5, 5.41) is 10.4. The Morgan fingerprint density at radius 2 is 1.82 bits per heavy atom. The highest BCUT2D eigenvalue weighted by Gasteiger charge is 2.40. The van der Waals surface area contributed by atoms with Crippen LogP contribution in [0.3, 0.4) is 0 Å². The van der Waals surface area contributed by atoms with Gasteiger partial charge in [-0.25, -0.2) is 4.79 Å². The summed E-state index contributed by atoms with van der Waals surface area (Å²) in [5.41, 5.74) is 2.60. The van der Waals surface area contributed by atoms with Gasteiger partial charge in [0.1, 0.15) is 6.04 Å². The minimum atomic E-state index is -0.999. The van der Waals surface area contributed by atoms with Crippen LogP contribution in [0.5, 0.6) is 0 Å². The third-order valence-electron chi connectivity index (χ3n) is 5.36. The number of hydrogen-bond donors (Lipinski definition) is 1. The largest absolute Gasteiger partial charge is 0.480 e. The monoisotopic (exact) mass is 378 g/mol. The van der Waals surface area contributed by atoms with E-state index in [2.05, 4.69) is 0 Å². The molecule has 6 heteroatoms. The van der Waals surface area contributed by atoms with Crippen LogP contribution in [0.4, 0.5) is 0 Å². The van der Waals surface area contributed by atoms with Crippen LogP contribution in [-0.4, -0.2) is 52.3 Å². The molecule has 1 aliphatic rings. The second-order valence-electron chi connectivity index (χ2n) is 7.08. The van der Waals surface area contributed by atoms with Gasteiger partial charge in [0, 0.05) is 43.7 Å². The van der Waals surface area contributed by atoms with Gasteiger partial charge in [0.05, 0.1) is 11.7 Å². The smallest absolute Gasteiger partial charge is 0.326 e. The van der Waals surface area contributed by atoms with Crippen LogP contribution in [0.15, 0.2) is 60.8 Å². The van der Waals surface area contributed by atoms with Crippen molar-refractivity contribution < 1.29 is 19.4 Å². The molecule has 1 fully saturated rings. The molecule has 1 saturated heterocycles. The van der Waals surface area contributed by atoms with Crippen LogP contribution < -0.4 is 0 Å². The highest BCUT2D eigenvalue weighted by Crippen LogP contribution is 2.28. The molecular formula is C22H22N2O4. The number of likely N-dealkylation sites (tertiary alicyclic amines) is 1. The number of carbonyl (C=O) groups excluding carboxylic acids is 1. The first-order valence-corrected chi connectivity index (χ1v) is 9.27. The molecule has 1 aromatic heterocycles. The summed E-state index contributed by atoms with van der Waals surface area (Å²) in [6, 6.07) is 16.9. The molecular weight excluding hydrogens is 356 g/mol. The van der Waals surface area contributed by atoms with E-state index >= 15 is 0 Å². The first-order chi connectivity index (χ1) is 13.6. The summed E-state index contributed by atoms with van der Waals surface area (Å²) < 4.78 is 7.36. The number of carboxylic acids is 1. The summed E-state index contributed by atoms with van der Waals surface area (Å²) in [5.74, 6) is -1.27. The molecule has 4 rings (SSSR count). The number of ether oxygens (including phenoxy) is 1. The summed E-state index contributed by atoms with van der Waals surface area (Å²) in [7, 11) is 1.54. The number of aromatic nitrogens is 1. The molecule has 6 nitrogen and oxygen atoms in total. The lowest BCUT2D eigenvalue weighted by atomic mass is 10.1. The van der Waals surface area contributed by atoms with E-state index in [4.69, 9.17) is 4.74 Å². The molecule has 144 valence electrons. The molecule has 1 N–H and O–H groups in total. The lowest BCUT2D eigenvalue weighted by molar-refractivity contribution is -0.141. The Bertz CT molecular complexity index is 1010. The maximum Gasteiger partial charge on any atom is 0.326 e. The van der Waals surface area contributed by atoms with Gasteiger partial charge in [-0.05, 0) is 11.6 Å². The van der Waals surface area contributed by atoms with Gasteiger partial charge in [-0.3, -0.25) is 4.79 Å². The Balaban J connectivity index is 1.72. The lowest BCUT2D eigenvalue weighted by Crippen LogP contribution is -2.40. The van der Waals surface area contributed by atoms with Crippen molar-refractivity contribution >= 4 is 22.8 Å². The number of carbonyl (C=O) groups is 2. The quantitative estimate of drug-likeness (QED) is 0.741. The first-order valence-electron chi connectivity index (χ1n) is 9.27. The Morgan fingerprint density at radius 3 is 2.54 bits per heavy atom. The Kier molecular flexibility index (Phi) is 4.88. The van der Waals surface area contributed by atoms with Crippen molar-refractivity contribution in [3.05, 3.63) is 71.9 Å². The zero-order valence-electron chi connectivity index (χ0n) is 15.6. The third-order valence-corrected chi connectivity index (χ3v) is 5.36. The van der Waals surface area contributed by atoms with E-state index < -0.39 is 12.0 Å². The first kappa shape index (κ1) is 18.3. The number of carboxylic acid groups (broad SMARTS) is 1. The fourth-order valence-electron chi connectivity index (χ4n) is 3.91. The number of fused-ring (bicyclic) bond motifs is 1. The maximum absolute atomic E-state index is 13.3. The number of hydrogen-bond acceptors (Lipinski definition) is 3. The molecule has 1 amide bonds. The van der Waals surface area contributed by atoms with Gasteiger partial charge >= 0.3 is 5.97 Å². The topological polar surface area (TPSA) is 71.8 Å². The fourth-order valence-corrected chi connectivity index (χ4v) is 3.91. The maximum atomic E-state index is 13.3. The van der Waals surface area contributed by atoms with Crippen LogP contribution in [0, 0.1) is 0 Å². The molecule has 1 aliphatic heterocycles. The predicted molar refractivity (Wildman–Crippen MR) is 105 cm³/mol. The van der Waals surface area contributed by atoms with Crippen molar-refractivity contribution in [2.45, 2.75) is 25.1 Å². The molecule has 2 heterocycles. The fraction of sp³-hybridized carbons (Fsp3) is 0.273. The van der Waals surface area contributed by atoms with Gasteiger partial charge in [0.2, 0.25) is 0 Å². The van der Waals surface area contributed by atoms with Crippen LogP contribution >= 0.6 is 0 Å². The Hall–Kier alpha value is -3.12. The van der Waals surface area contributed by atoms with Crippen molar-refractivity contribution in [3.63, 3.8) is 0 Å². The summed E-state index contributed by atoms with van der Waals surface area (Å²) >= 11 is 0. The van der Waals surface area contributed by atoms with E-state index in [1.165, 1.54) is 4.90 Å². The minimum Gasteiger partial charge on any atom is -0.480 e. The molecule has 2 atom stereocenters. The van der Waals surface area contributed by atoms with Crippen molar-refractivity contribution in [2.24, 2.45) is 0 Å². The second-order valence-corrected chi connectivity index (χ2v) is 7.08. The second kappa shape index (κ2) is 7.48. The summed E-state index contributed by atoms with van der Waals surface area (Å²) in [6.45, 7) is 0.919. The number of methoxy groups -OCH3 is 1. The number of para-hydroxylation sites is 1. The molecule has 0 radical (unpaired) electrons. The van der Waals surface area contributed by atoms with E-state index in [9.17, 15) is 14.7 Å². The van der Waals surface area contributed by atoms with Crippen LogP contribution in [0.25, 0.3) is 10.9 Å². The van der Waals surface area contributed by atoms with E-state index in [-0.39, 0.29) is 18.6 Å². The SMILES string of the molecule is COC1CC(C(=O)O)N(C(=O)c2cn(Cc3ccccc3)c3ccccc23)C1. The molecule has 3 aromatic rings. The van der Waals surface area contributed by atoms with Crippen LogP contribution in [-0.2, 0) is 16.1 Å². The zero-order chi connectivity index (χ0) is 19.7. The van der Waals surface area contributed by atoms with E-state index in [0.717, 1.165) is 16.5 Å². The minimum absolute atomic E-state index is 0.261. The van der Waals surface area contributed by atoms with Crippen molar-refractivity contribution in [3.8, 4) is 0 Å². The molecule has 0 saturated carbocycles. The normalized spacial score (nSPS) is 19.2. The van der Waals surface area contributed by atoms with Crippen molar-refractivity contribution in [2.75, 3.05) is 13.7 Å². The number of amides is 1. The molecule has 0 bridgehead atoms. The predicted octanol–water partition coefficient (Wildman–Crippen LogP) is 3.00. The standard InChI is InChI=1S/C22H22N2O4/c1-28-16-11-20(22(26)27)24(13-16)21(25)18-14-23(12-15-7-3-2-4-8-15)19-10-6-5-9-17(18)19/h2-10,14,16,20H,11-13H2,1H3,(H,26,27). The Labute approximate surface area is 162 Å². The van der Waals surface area contributed by atoms with Gasteiger partial charge in [-0.15, -0.1) is 0 Å². The summed E-state index contributed by atoms with van der Waals surface area (Å²) in [6.07, 6.45) is 1.88. The van der Waals surface area contributed by atoms with E-state index in [0.29, 0.717) is 18.5 Å².